The van der Waals surface area contributed by atoms with Crippen LogP contribution >= 0.6 is 0 Å². The van der Waals surface area contributed by atoms with E-state index in [1.165, 1.54) is 12.8 Å². The molecule has 3 rings (SSSR count). The Bertz CT molecular complexity index is 976. The fraction of sp³-hybridized carbons (Fsp3) is 0.400. The van der Waals surface area contributed by atoms with Gasteiger partial charge in [-0.2, -0.15) is 5.10 Å². The topological polar surface area (TPSA) is 68.0 Å². The number of benzene rings is 2. The van der Waals surface area contributed by atoms with Gasteiger partial charge in [0, 0.05) is 12.3 Å². The molecule has 0 saturated carbocycles. The van der Waals surface area contributed by atoms with Crippen LogP contribution in [-0.2, 0) is 13.0 Å². The summed E-state index contributed by atoms with van der Waals surface area (Å²) in [5.74, 6) is 1.42. The number of nitrogens with zero attached hydrogens (tertiary/aromatic N) is 3. The average molecular weight is 406 g/mol. The van der Waals surface area contributed by atoms with Gasteiger partial charge in [0.15, 0.2) is 5.82 Å². The van der Waals surface area contributed by atoms with E-state index in [9.17, 15) is 9.90 Å². The van der Waals surface area contributed by atoms with Gasteiger partial charge in [-0.3, -0.25) is 0 Å². The van der Waals surface area contributed by atoms with Crippen LogP contribution in [0.3, 0.4) is 0 Å². The molecular formula is C25H31N3O2. The third-order valence-electron chi connectivity index (χ3n) is 5.58. The zero-order valence-electron chi connectivity index (χ0n) is 18.1. The predicted octanol–water partition coefficient (Wildman–Crippen LogP) is 5.94. The van der Waals surface area contributed by atoms with Crippen molar-refractivity contribution in [3.63, 3.8) is 0 Å². The lowest BCUT2D eigenvalue weighted by atomic mass is 9.99. The highest BCUT2D eigenvalue weighted by Gasteiger charge is 2.15. The van der Waals surface area contributed by atoms with Crippen LogP contribution in [0.2, 0.25) is 0 Å². The first-order valence-corrected chi connectivity index (χ1v) is 10.9. The Morgan fingerprint density at radius 2 is 1.80 bits per heavy atom. The van der Waals surface area contributed by atoms with Crippen molar-refractivity contribution in [1.29, 1.82) is 0 Å². The van der Waals surface area contributed by atoms with E-state index in [2.05, 4.69) is 20.8 Å². The van der Waals surface area contributed by atoms with Gasteiger partial charge < -0.3 is 5.11 Å². The van der Waals surface area contributed by atoms with Crippen molar-refractivity contribution >= 4 is 5.97 Å². The Balaban J connectivity index is 1.83. The molecule has 2 aromatic carbocycles. The molecule has 5 heteroatoms. The summed E-state index contributed by atoms with van der Waals surface area (Å²) in [6.45, 7) is 7.21. The number of hydrogen-bond donors (Lipinski definition) is 1. The number of unbranched alkanes of at least 4 members (excludes halogenated alkanes) is 2. The van der Waals surface area contributed by atoms with E-state index in [4.69, 9.17) is 10.1 Å². The second kappa shape index (κ2) is 10.2. The molecule has 0 fully saturated rings. The minimum absolute atomic E-state index is 0.318. The molecule has 5 nitrogen and oxygen atoms in total. The summed E-state index contributed by atoms with van der Waals surface area (Å²) < 4.78 is 2.04. The molecule has 0 radical (unpaired) electrons. The van der Waals surface area contributed by atoms with Crippen LogP contribution < -0.4 is 0 Å². The van der Waals surface area contributed by atoms with Crippen LogP contribution in [0.5, 0.6) is 0 Å². The maximum Gasteiger partial charge on any atom is 0.336 e. The molecule has 158 valence electrons. The lowest BCUT2D eigenvalue weighted by Gasteiger charge is -2.09. The van der Waals surface area contributed by atoms with Crippen molar-refractivity contribution < 1.29 is 9.90 Å². The second-order valence-corrected chi connectivity index (χ2v) is 7.86. The fourth-order valence-electron chi connectivity index (χ4n) is 3.51. The predicted molar refractivity (Wildman–Crippen MR) is 120 cm³/mol. The van der Waals surface area contributed by atoms with E-state index in [-0.39, 0.29) is 0 Å². The second-order valence-electron chi connectivity index (χ2n) is 7.86. The highest BCUT2D eigenvalue weighted by molar-refractivity contribution is 5.95. The molecule has 3 aromatic rings. The molecule has 1 aromatic heterocycles. The van der Waals surface area contributed by atoms with E-state index >= 15 is 0 Å². The summed E-state index contributed by atoms with van der Waals surface area (Å²) >= 11 is 0. The Hall–Kier alpha value is -2.95. The van der Waals surface area contributed by atoms with Crippen molar-refractivity contribution in [2.45, 2.75) is 65.3 Å². The summed E-state index contributed by atoms with van der Waals surface area (Å²) in [6.07, 6.45) is 5.48. The quantitative estimate of drug-likeness (QED) is 0.424. The first-order valence-electron chi connectivity index (χ1n) is 10.9. The minimum Gasteiger partial charge on any atom is -0.478 e. The van der Waals surface area contributed by atoms with Gasteiger partial charge in [-0.15, -0.1) is 0 Å². The molecule has 0 spiro atoms. The first kappa shape index (κ1) is 21.8. The molecular weight excluding hydrogens is 374 g/mol. The third-order valence-corrected chi connectivity index (χ3v) is 5.58. The van der Waals surface area contributed by atoms with Crippen molar-refractivity contribution in [3.8, 4) is 11.1 Å². The molecule has 1 N–H and O–H groups in total. The van der Waals surface area contributed by atoms with Gasteiger partial charge in [0.05, 0.1) is 12.1 Å². The maximum absolute atomic E-state index is 11.5. The van der Waals surface area contributed by atoms with E-state index in [1.807, 2.05) is 41.1 Å². The molecule has 0 aliphatic rings. The van der Waals surface area contributed by atoms with E-state index in [1.54, 1.807) is 12.1 Å². The van der Waals surface area contributed by atoms with Gasteiger partial charge >= 0.3 is 5.97 Å². The normalized spacial score (nSPS) is 12.1. The average Bonchev–Trinajstić information content (AvgIpc) is 3.16. The SMILES string of the molecule is CCCCCc1nc(C(C)CC)nn1Cc1ccc(-c2ccccc2C(=O)O)cc1. The van der Waals surface area contributed by atoms with E-state index in [0.717, 1.165) is 47.6 Å². The Kier molecular flexibility index (Phi) is 7.39. The van der Waals surface area contributed by atoms with Gasteiger partial charge in [0.1, 0.15) is 5.82 Å². The number of carboxylic acids is 1. The summed E-state index contributed by atoms with van der Waals surface area (Å²) in [5.41, 5.74) is 3.08. The van der Waals surface area contributed by atoms with Crippen LogP contribution in [0.15, 0.2) is 48.5 Å². The molecule has 0 aliphatic carbocycles. The molecule has 0 amide bonds. The largest absolute Gasteiger partial charge is 0.478 e. The zero-order valence-corrected chi connectivity index (χ0v) is 18.1. The fourth-order valence-corrected chi connectivity index (χ4v) is 3.51. The standard InChI is InChI=1S/C25H31N3O2/c1-4-6-7-12-23-26-24(18(3)5-2)27-28(23)17-19-13-15-20(16-14-19)21-10-8-9-11-22(21)25(29)30/h8-11,13-16,18H,4-7,12,17H2,1-3H3,(H,29,30). The molecule has 1 heterocycles. The highest BCUT2D eigenvalue weighted by atomic mass is 16.4. The van der Waals surface area contributed by atoms with Crippen molar-refractivity contribution in [2.24, 2.45) is 0 Å². The maximum atomic E-state index is 11.5. The molecule has 1 atom stereocenters. The van der Waals surface area contributed by atoms with Gasteiger partial charge in [-0.05, 0) is 35.6 Å². The third kappa shape index (κ3) is 5.15. The highest BCUT2D eigenvalue weighted by Crippen LogP contribution is 2.25. The number of aromatic nitrogens is 3. The monoisotopic (exact) mass is 405 g/mol. The zero-order chi connectivity index (χ0) is 21.5. The molecule has 30 heavy (non-hydrogen) atoms. The Morgan fingerprint density at radius 3 is 2.47 bits per heavy atom. The summed E-state index contributed by atoms with van der Waals surface area (Å²) in [7, 11) is 0. The van der Waals surface area contributed by atoms with E-state index < -0.39 is 5.97 Å². The smallest absolute Gasteiger partial charge is 0.336 e. The number of aromatic carboxylic acids is 1. The number of hydrogen-bond acceptors (Lipinski definition) is 3. The molecule has 0 aliphatic heterocycles. The van der Waals surface area contributed by atoms with Crippen LogP contribution in [0.1, 0.15) is 79.9 Å². The van der Waals surface area contributed by atoms with Crippen LogP contribution in [0.4, 0.5) is 0 Å². The van der Waals surface area contributed by atoms with Crippen molar-refractivity contribution in [1.82, 2.24) is 14.8 Å². The summed E-state index contributed by atoms with van der Waals surface area (Å²) in [6, 6.07) is 15.2. The van der Waals surface area contributed by atoms with Crippen LogP contribution in [0.25, 0.3) is 11.1 Å². The van der Waals surface area contributed by atoms with Crippen LogP contribution in [0, 0.1) is 0 Å². The molecule has 0 bridgehead atoms. The van der Waals surface area contributed by atoms with Gasteiger partial charge in [-0.25, -0.2) is 14.5 Å². The number of aryl methyl sites for hydroxylation is 1. The number of carboxylic acid groups (broad SMARTS) is 1. The summed E-state index contributed by atoms with van der Waals surface area (Å²) in [4.78, 5) is 16.3. The van der Waals surface area contributed by atoms with Crippen molar-refractivity contribution in [2.75, 3.05) is 0 Å². The molecule has 0 saturated heterocycles. The van der Waals surface area contributed by atoms with Gasteiger partial charge in [0.25, 0.3) is 0 Å². The number of carbonyl (C=O) groups is 1. The lowest BCUT2D eigenvalue weighted by molar-refractivity contribution is 0.0697. The Labute approximate surface area is 178 Å². The van der Waals surface area contributed by atoms with Gasteiger partial charge in [0.2, 0.25) is 0 Å². The molecule has 1 unspecified atom stereocenters. The lowest BCUT2D eigenvalue weighted by Crippen LogP contribution is -2.07. The van der Waals surface area contributed by atoms with E-state index in [0.29, 0.717) is 18.0 Å². The summed E-state index contributed by atoms with van der Waals surface area (Å²) in [5, 5.41) is 14.2. The first-order chi connectivity index (χ1) is 14.5. The van der Waals surface area contributed by atoms with Crippen molar-refractivity contribution in [3.05, 3.63) is 71.3 Å². The number of rotatable bonds is 10. The Morgan fingerprint density at radius 1 is 1.07 bits per heavy atom. The van der Waals surface area contributed by atoms with Gasteiger partial charge in [-0.1, -0.05) is 76.1 Å². The van der Waals surface area contributed by atoms with Crippen LogP contribution in [-0.4, -0.2) is 25.8 Å². The minimum atomic E-state index is -0.911.